The number of amides is 1. The molecule has 1 amide bonds. The van der Waals surface area contributed by atoms with E-state index in [1.807, 2.05) is 0 Å². The monoisotopic (exact) mass is 430 g/mol. The van der Waals surface area contributed by atoms with Crippen molar-refractivity contribution < 1.29 is 27.1 Å². The number of nitrogens with one attached hydrogen (secondary N) is 1. The Bertz CT molecular complexity index is 796. The summed E-state index contributed by atoms with van der Waals surface area (Å²) in [7, 11) is 0. The molecule has 158 valence electrons. The fourth-order valence-corrected chi connectivity index (χ4v) is 3.41. The molecule has 0 atom stereocenters. The van der Waals surface area contributed by atoms with Crippen LogP contribution in [0.25, 0.3) is 11.5 Å². The molecule has 1 aliphatic rings. The molecule has 1 fully saturated rings. The van der Waals surface area contributed by atoms with E-state index in [4.69, 9.17) is 9.15 Å². The van der Waals surface area contributed by atoms with E-state index in [9.17, 15) is 18.0 Å². The predicted molar refractivity (Wildman–Crippen MR) is 100 cm³/mol. The van der Waals surface area contributed by atoms with Gasteiger partial charge in [-0.05, 0) is 31.2 Å². The van der Waals surface area contributed by atoms with Gasteiger partial charge in [0.15, 0.2) is 10.9 Å². The van der Waals surface area contributed by atoms with Crippen LogP contribution in [0, 0.1) is 0 Å². The fraction of sp³-hybridized carbons (Fsp3) is 0.500. The van der Waals surface area contributed by atoms with Gasteiger partial charge in [-0.1, -0.05) is 11.8 Å². The number of thioether (sulfide) groups is 1. The zero-order chi connectivity index (χ0) is 20.7. The smallest absolute Gasteiger partial charge is 0.433 e. The van der Waals surface area contributed by atoms with Crippen LogP contribution >= 0.6 is 11.8 Å². The summed E-state index contributed by atoms with van der Waals surface area (Å²) in [6.07, 6.45) is -2.48. The Morgan fingerprint density at radius 3 is 2.76 bits per heavy atom. The number of rotatable bonds is 8. The van der Waals surface area contributed by atoms with E-state index in [0.29, 0.717) is 6.54 Å². The fourth-order valence-electron chi connectivity index (χ4n) is 2.72. The third-order valence-corrected chi connectivity index (χ3v) is 5.03. The highest BCUT2D eigenvalue weighted by Gasteiger charge is 2.34. The van der Waals surface area contributed by atoms with Crippen LogP contribution < -0.4 is 5.32 Å². The normalized spacial score (nSPS) is 15.4. The van der Waals surface area contributed by atoms with Crippen LogP contribution in [-0.2, 0) is 15.7 Å². The van der Waals surface area contributed by atoms with Gasteiger partial charge in [-0.2, -0.15) is 13.2 Å². The number of hydrogen-bond acceptors (Lipinski definition) is 7. The highest BCUT2D eigenvalue weighted by atomic mass is 32.2. The van der Waals surface area contributed by atoms with Gasteiger partial charge in [-0.3, -0.25) is 9.69 Å². The van der Waals surface area contributed by atoms with Crippen molar-refractivity contribution in [2.75, 3.05) is 45.1 Å². The van der Waals surface area contributed by atoms with Crippen molar-refractivity contribution in [2.45, 2.75) is 17.8 Å². The minimum Gasteiger partial charge on any atom is -0.463 e. The SMILES string of the molecule is O=C(CSc1nc(-c2ccco2)cc(C(F)(F)F)n1)NCCCN1CCOCC1. The molecule has 7 nitrogen and oxygen atoms in total. The first-order valence-corrected chi connectivity index (χ1v) is 10.1. The number of nitrogens with zero attached hydrogens (tertiary/aromatic N) is 3. The standard InChI is InChI=1S/C18H21F3N4O3S/c19-18(20,21)15-11-13(14-3-1-8-28-14)23-17(24-15)29-12-16(26)22-4-2-5-25-6-9-27-10-7-25/h1,3,8,11H,2,4-7,9-10,12H2,(H,22,26). The number of morpholine rings is 1. The van der Waals surface area contributed by atoms with Crippen molar-refractivity contribution in [3.05, 3.63) is 30.2 Å². The Kier molecular flexibility index (Phi) is 7.51. The number of carbonyl (C=O) groups excluding carboxylic acids is 1. The number of carbonyl (C=O) groups is 1. The van der Waals surface area contributed by atoms with Crippen molar-refractivity contribution in [2.24, 2.45) is 0 Å². The number of aromatic nitrogens is 2. The van der Waals surface area contributed by atoms with E-state index in [1.54, 1.807) is 6.07 Å². The van der Waals surface area contributed by atoms with Gasteiger partial charge in [0.25, 0.3) is 0 Å². The first kappa shape index (κ1) is 21.6. The summed E-state index contributed by atoms with van der Waals surface area (Å²) in [4.78, 5) is 21.9. The van der Waals surface area contributed by atoms with Gasteiger partial charge < -0.3 is 14.5 Å². The van der Waals surface area contributed by atoms with Gasteiger partial charge in [0.1, 0.15) is 11.4 Å². The van der Waals surface area contributed by atoms with E-state index < -0.39 is 11.9 Å². The molecule has 1 N–H and O–H groups in total. The van der Waals surface area contributed by atoms with Gasteiger partial charge in [-0.15, -0.1) is 0 Å². The minimum atomic E-state index is -4.62. The maximum absolute atomic E-state index is 13.1. The number of alkyl halides is 3. The molecule has 2 aromatic rings. The van der Waals surface area contributed by atoms with Crippen LogP contribution in [-0.4, -0.2) is 65.9 Å². The molecule has 1 saturated heterocycles. The second-order valence-electron chi connectivity index (χ2n) is 6.34. The summed E-state index contributed by atoms with van der Waals surface area (Å²) < 4.78 is 49.8. The average molecular weight is 430 g/mol. The molecule has 0 radical (unpaired) electrons. The zero-order valence-electron chi connectivity index (χ0n) is 15.6. The Morgan fingerprint density at radius 2 is 2.07 bits per heavy atom. The highest BCUT2D eigenvalue weighted by Crippen LogP contribution is 2.32. The van der Waals surface area contributed by atoms with E-state index in [-0.39, 0.29) is 28.3 Å². The zero-order valence-corrected chi connectivity index (χ0v) is 16.4. The topological polar surface area (TPSA) is 80.5 Å². The maximum atomic E-state index is 13.1. The molecular weight excluding hydrogens is 409 g/mol. The largest absolute Gasteiger partial charge is 0.463 e. The lowest BCUT2D eigenvalue weighted by Crippen LogP contribution is -2.38. The first-order chi connectivity index (χ1) is 13.9. The van der Waals surface area contributed by atoms with Crippen LogP contribution in [0.3, 0.4) is 0 Å². The van der Waals surface area contributed by atoms with Gasteiger partial charge in [0.05, 0.1) is 25.2 Å². The third kappa shape index (κ3) is 6.72. The van der Waals surface area contributed by atoms with Crippen LogP contribution in [0.2, 0.25) is 0 Å². The van der Waals surface area contributed by atoms with Crippen molar-refractivity contribution in [3.63, 3.8) is 0 Å². The number of hydrogen-bond donors (Lipinski definition) is 1. The van der Waals surface area contributed by atoms with Crippen molar-refractivity contribution in [1.29, 1.82) is 0 Å². The Labute approximate surface area is 170 Å². The Balaban J connectivity index is 1.51. The maximum Gasteiger partial charge on any atom is 0.433 e. The summed E-state index contributed by atoms with van der Waals surface area (Å²) in [6, 6.07) is 3.90. The number of furan rings is 1. The molecule has 29 heavy (non-hydrogen) atoms. The van der Waals surface area contributed by atoms with Crippen molar-refractivity contribution in [1.82, 2.24) is 20.2 Å². The van der Waals surface area contributed by atoms with Crippen LogP contribution in [0.1, 0.15) is 12.1 Å². The lowest BCUT2D eigenvalue weighted by atomic mass is 10.2. The van der Waals surface area contributed by atoms with Gasteiger partial charge in [0.2, 0.25) is 5.91 Å². The van der Waals surface area contributed by atoms with Crippen LogP contribution in [0.4, 0.5) is 13.2 Å². The van der Waals surface area contributed by atoms with Gasteiger partial charge in [0, 0.05) is 19.6 Å². The van der Waals surface area contributed by atoms with Gasteiger partial charge >= 0.3 is 6.18 Å². The molecule has 2 aromatic heterocycles. The van der Waals surface area contributed by atoms with Crippen LogP contribution in [0.5, 0.6) is 0 Å². The molecule has 11 heteroatoms. The van der Waals surface area contributed by atoms with Crippen molar-refractivity contribution >= 4 is 17.7 Å². The summed E-state index contributed by atoms with van der Waals surface area (Å²) in [6.45, 7) is 4.57. The van der Waals surface area contributed by atoms with E-state index in [2.05, 4.69) is 20.2 Å². The highest BCUT2D eigenvalue weighted by molar-refractivity contribution is 7.99. The summed E-state index contributed by atoms with van der Waals surface area (Å²) in [5.41, 5.74) is -1.06. The van der Waals surface area contributed by atoms with E-state index >= 15 is 0 Å². The Morgan fingerprint density at radius 1 is 1.28 bits per heavy atom. The molecule has 1 aliphatic heterocycles. The lowest BCUT2D eigenvalue weighted by Gasteiger charge is -2.26. The first-order valence-electron chi connectivity index (χ1n) is 9.11. The van der Waals surface area contributed by atoms with E-state index in [0.717, 1.165) is 57.1 Å². The number of halogens is 3. The van der Waals surface area contributed by atoms with Gasteiger partial charge in [-0.25, -0.2) is 9.97 Å². The Hall–Kier alpha value is -2.11. The summed E-state index contributed by atoms with van der Waals surface area (Å²) >= 11 is 0.853. The molecule has 3 heterocycles. The quantitative estimate of drug-likeness (QED) is 0.392. The van der Waals surface area contributed by atoms with Crippen LogP contribution in [0.15, 0.2) is 34.0 Å². The number of ether oxygens (including phenoxy) is 1. The van der Waals surface area contributed by atoms with E-state index in [1.165, 1.54) is 12.3 Å². The second kappa shape index (κ2) is 10.1. The molecule has 3 rings (SSSR count). The summed E-state index contributed by atoms with van der Waals surface area (Å²) in [5.74, 6) is -0.152. The average Bonchev–Trinajstić information content (AvgIpc) is 3.24. The molecule has 0 spiro atoms. The molecule has 0 aromatic carbocycles. The lowest BCUT2D eigenvalue weighted by molar-refractivity contribution is -0.141. The predicted octanol–water partition coefficient (Wildman–Crippen LogP) is 2.69. The second-order valence-corrected chi connectivity index (χ2v) is 7.28. The molecule has 0 aliphatic carbocycles. The molecule has 0 saturated carbocycles. The molecular formula is C18H21F3N4O3S. The van der Waals surface area contributed by atoms with Crippen molar-refractivity contribution in [3.8, 4) is 11.5 Å². The molecule has 0 bridgehead atoms. The minimum absolute atomic E-state index is 0.0192. The third-order valence-electron chi connectivity index (χ3n) is 4.18. The summed E-state index contributed by atoms with van der Waals surface area (Å²) in [5, 5.41) is 2.64. The molecule has 0 unspecified atom stereocenters.